The molecule has 2 fully saturated rings. The van der Waals surface area contributed by atoms with Crippen LogP contribution in [0.3, 0.4) is 0 Å². The van der Waals surface area contributed by atoms with Gasteiger partial charge in [-0.05, 0) is 38.9 Å². The van der Waals surface area contributed by atoms with Crippen LogP contribution in [0.4, 0.5) is 4.39 Å². The molecule has 7 heteroatoms. The van der Waals surface area contributed by atoms with Crippen LogP contribution in [0.1, 0.15) is 30.7 Å². The van der Waals surface area contributed by atoms with Crippen molar-refractivity contribution >= 4 is 5.91 Å². The van der Waals surface area contributed by atoms with Crippen molar-refractivity contribution in [1.82, 2.24) is 20.1 Å². The van der Waals surface area contributed by atoms with E-state index in [0.29, 0.717) is 24.4 Å². The minimum Gasteiger partial charge on any atom is -0.441 e. The van der Waals surface area contributed by atoms with Gasteiger partial charge in [-0.15, -0.1) is 0 Å². The lowest BCUT2D eigenvalue weighted by molar-refractivity contribution is -0.121. The number of aromatic nitrogens is 1. The number of carbonyl (C=O) groups excluding carboxylic acids is 1. The number of amides is 1. The molecule has 2 aliphatic heterocycles. The number of oxazole rings is 1. The van der Waals surface area contributed by atoms with Crippen LogP contribution in [-0.2, 0) is 11.3 Å². The zero-order valence-corrected chi connectivity index (χ0v) is 16.5. The smallest absolute Gasteiger partial charge is 0.229 e. The fourth-order valence-electron chi connectivity index (χ4n) is 4.35. The third kappa shape index (κ3) is 3.69. The molecule has 1 amide bonds. The predicted molar refractivity (Wildman–Crippen MR) is 104 cm³/mol. The quantitative estimate of drug-likeness (QED) is 0.879. The van der Waals surface area contributed by atoms with Crippen molar-refractivity contribution in [3.05, 3.63) is 41.5 Å². The Kier molecular flexibility index (Phi) is 5.21. The lowest BCUT2D eigenvalue weighted by Crippen LogP contribution is -2.60. The molecule has 0 aliphatic carbocycles. The van der Waals surface area contributed by atoms with Crippen LogP contribution < -0.4 is 5.32 Å². The molecule has 2 saturated heterocycles. The zero-order chi connectivity index (χ0) is 19.7. The summed E-state index contributed by atoms with van der Waals surface area (Å²) in [5.41, 5.74) is 1.24. The van der Waals surface area contributed by atoms with Gasteiger partial charge in [-0.3, -0.25) is 14.6 Å². The molecule has 1 spiro atoms. The van der Waals surface area contributed by atoms with Gasteiger partial charge in [-0.1, -0.05) is 12.1 Å². The summed E-state index contributed by atoms with van der Waals surface area (Å²) in [6, 6.07) is 6.54. The molecular weight excluding hydrogens is 359 g/mol. The molecule has 1 aromatic carbocycles. The number of aryl methyl sites for hydroxylation is 1. The minimum atomic E-state index is -0.329. The van der Waals surface area contributed by atoms with E-state index in [9.17, 15) is 9.18 Å². The maximum atomic E-state index is 14.1. The molecule has 0 radical (unpaired) electrons. The van der Waals surface area contributed by atoms with Gasteiger partial charge in [-0.2, -0.15) is 0 Å². The fraction of sp³-hybridized carbons (Fsp3) is 0.524. The maximum absolute atomic E-state index is 14.1. The topological polar surface area (TPSA) is 61.6 Å². The predicted octanol–water partition coefficient (Wildman–Crippen LogP) is 2.58. The first-order valence-electron chi connectivity index (χ1n) is 9.88. The number of likely N-dealkylation sites (N-methyl/N-ethyl adjacent to an activating group) is 1. The van der Waals surface area contributed by atoms with Crippen LogP contribution in [0.15, 0.2) is 28.7 Å². The molecule has 0 bridgehead atoms. The molecule has 150 valence electrons. The van der Waals surface area contributed by atoms with E-state index in [0.717, 1.165) is 50.5 Å². The molecule has 0 saturated carbocycles. The highest BCUT2D eigenvalue weighted by Crippen LogP contribution is 2.32. The van der Waals surface area contributed by atoms with E-state index in [1.807, 2.05) is 6.92 Å². The maximum Gasteiger partial charge on any atom is 0.229 e. The Balaban J connectivity index is 1.52. The summed E-state index contributed by atoms with van der Waals surface area (Å²) in [7, 11) is 2.16. The summed E-state index contributed by atoms with van der Waals surface area (Å²) in [5, 5.41) is 2.99. The number of rotatable bonds is 3. The molecule has 3 heterocycles. The molecule has 28 heavy (non-hydrogen) atoms. The number of nitrogens with zero attached hydrogens (tertiary/aromatic N) is 3. The standard InChI is InChI=1S/C21H27FN4O2/c1-15-18(24-20(28-15)16-5-3-4-6-17(16)22)13-26-12-11-25(2)21(14-26)8-7-19(27)23-10-9-21/h3-6H,7-14H2,1-2H3,(H,23,27)/t21-/m0/s1. The number of hydrogen-bond donors (Lipinski definition) is 1. The van der Waals surface area contributed by atoms with Gasteiger partial charge in [0.25, 0.3) is 0 Å². The molecule has 2 aromatic rings. The Labute approximate surface area is 164 Å². The summed E-state index contributed by atoms with van der Waals surface area (Å²) in [6.45, 7) is 6.04. The van der Waals surface area contributed by atoms with Crippen LogP contribution >= 0.6 is 0 Å². The number of benzene rings is 1. The first-order chi connectivity index (χ1) is 13.5. The second kappa shape index (κ2) is 7.64. The Morgan fingerprint density at radius 1 is 1.29 bits per heavy atom. The van der Waals surface area contributed by atoms with Gasteiger partial charge in [0.15, 0.2) is 0 Å². The fourth-order valence-corrected chi connectivity index (χ4v) is 4.35. The van der Waals surface area contributed by atoms with Crippen molar-refractivity contribution in [3.8, 4) is 11.5 Å². The zero-order valence-electron chi connectivity index (χ0n) is 16.5. The van der Waals surface area contributed by atoms with Gasteiger partial charge in [0.05, 0.1) is 11.3 Å². The van der Waals surface area contributed by atoms with E-state index in [-0.39, 0.29) is 17.3 Å². The molecule has 0 unspecified atom stereocenters. The van der Waals surface area contributed by atoms with Crippen molar-refractivity contribution in [2.75, 3.05) is 33.2 Å². The highest BCUT2D eigenvalue weighted by Gasteiger charge is 2.41. The lowest BCUT2D eigenvalue weighted by atomic mass is 9.86. The third-order valence-electron chi connectivity index (χ3n) is 6.18. The summed E-state index contributed by atoms with van der Waals surface area (Å²) in [5.74, 6) is 0.872. The summed E-state index contributed by atoms with van der Waals surface area (Å²) in [6.07, 6.45) is 2.38. The summed E-state index contributed by atoms with van der Waals surface area (Å²) >= 11 is 0. The van der Waals surface area contributed by atoms with Crippen molar-refractivity contribution in [1.29, 1.82) is 0 Å². The Morgan fingerprint density at radius 2 is 2.11 bits per heavy atom. The number of nitrogens with one attached hydrogen (secondary N) is 1. The highest BCUT2D eigenvalue weighted by atomic mass is 19.1. The van der Waals surface area contributed by atoms with E-state index in [2.05, 4.69) is 27.1 Å². The second-order valence-corrected chi connectivity index (χ2v) is 7.96. The molecule has 1 aromatic heterocycles. The van der Waals surface area contributed by atoms with E-state index in [1.54, 1.807) is 18.2 Å². The van der Waals surface area contributed by atoms with Crippen LogP contribution in [-0.4, -0.2) is 59.5 Å². The van der Waals surface area contributed by atoms with Crippen molar-refractivity contribution in [2.24, 2.45) is 0 Å². The van der Waals surface area contributed by atoms with E-state index in [4.69, 9.17) is 4.42 Å². The molecule has 1 N–H and O–H groups in total. The van der Waals surface area contributed by atoms with Gasteiger partial charge in [0, 0.05) is 44.7 Å². The van der Waals surface area contributed by atoms with E-state index in [1.165, 1.54) is 6.07 Å². The summed E-state index contributed by atoms with van der Waals surface area (Å²) in [4.78, 5) is 21.2. The van der Waals surface area contributed by atoms with Gasteiger partial charge in [0.2, 0.25) is 11.8 Å². The monoisotopic (exact) mass is 386 g/mol. The van der Waals surface area contributed by atoms with Crippen molar-refractivity contribution < 1.29 is 13.6 Å². The Hall–Kier alpha value is -2.25. The summed E-state index contributed by atoms with van der Waals surface area (Å²) < 4.78 is 19.8. The average Bonchev–Trinajstić information content (AvgIpc) is 2.92. The number of halogens is 1. The van der Waals surface area contributed by atoms with E-state index < -0.39 is 0 Å². The van der Waals surface area contributed by atoms with Crippen LogP contribution in [0.25, 0.3) is 11.5 Å². The number of piperazine rings is 1. The molecule has 2 aliphatic rings. The van der Waals surface area contributed by atoms with Gasteiger partial charge >= 0.3 is 0 Å². The Bertz CT molecular complexity index is 868. The Morgan fingerprint density at radius 3 is 2.93 bits per heavy atom. The van der Waals surface area contributed by atoms with Crippen molar-refractivity contribution in [3.63, 3.8) is 0 Å². The SMILES string of the molecule is Cc1oc(-c2ccccc2F)nc1CN1CCN(C)[C@@]2(CCNC(=O)CC2)C1. The molecule has 6 nitrogen and oxygen atoms in total. The number of hydrogen-bond acceptors (Lipinski definition) is 5. The first-order valence-corrected chi connectivity index (χ1v) is 9.88. The van der Waals surface area contributed by atoms with Crippen LogP contribution in [0.2, 0.25) is 0 Å². The largest absolute Gasteiger partial charge is 0.441 e. The van der Waals surface area contributed by atoms with Gasteiger partial charge in [0.1, 0.15) is 11.6 Å². The van der Waals surface area contributed by atoms with Gasteiger partial charge in [-0.25, -0.2) is 9.37 Å². The normalized spacial score (nSPS) is 24.3. The minimum absolute atomic E-state index is 0.00339. The van der Waals surface area contributed by atoms with E-state index >= 15 is 0 Å². The van der Waals surface area contributed by atoms with Crippen LogP contribution in [0.5, 0.6) is 0 Å². The average molecular weight is 386 g/mol. The van der Waals surface area contributed by atoms with Gasteiger partial charge < -0.3 is 9.73 Å². The highest BCUT2D eigenvalue weighted by molar-refractivity contribution is 5.76. The second-order valence-electron chi connectivity index (χ2n) is 7.96. The first kappa shape index (κ1) is 19.1. The van der Waals surface area contributed by atoms with Crippen LogP contribution in [0, 0.1) is 12.7 Å². The lowest BCUT2D eigenvalue weighted by Gasteiger charge is -2.49. The molecular formula is C21H27FN4O2. The molecule has 4 rings (SSSR count). The number of carbonyl (C=O) groups is 1. The molecule has 1 atom stereocenters. The van der Waals surface area contributed by atoms with Crippen molar-refractivity contribution in [2.45, 2.75) is 38.3 Å². The third-order valence-corrected chi connectivity index (χ3v) is 6.18.